The van der Waals surface area contributed by atoms with Gasteiger partial charge in [0.05, 0.1) is 5.69 Å². The second kappa shape index (κ2) is 5.32. The van der Waals surface area contributed by atoms with Gasteiger partial charge in [0, 0.05) is 10.9 Å². The lowest BCUT2D eigenvalue weighted by molar-refractivity contribution is -0.120. The van der Waals surface area contributed by atoms with Gasteiger partial charge in [0.15, 0.2) is 0 Å². The van der Waals surface area contributed by atoms with Crippen LogP contribution in [0, 0.1) is 11.7 Å². The molecule has 0 spiro atoms. The number of carbonyl (C=O) groups is 1. The molecule has 1 aromatic carbocycles. The first-order chi connectivity index (χ1) is 8.16. The fourth-order valence-electron chi connectivity index (χ4n) is 1.86. The summed E-state index contributed by atoms with van der Waals surface area (Å²) >= 11 is 5.76. The second-order valence-electron chi connectivity index (χ2n) is 4.09. The molecule has 1 atom stereocenters. The van der Waals surface area contributed by atoms with Crippen molar-refractivity contribution in [2.24, 2.45) is 5.92 Å². The van der Waals surface area contributed by atoms with Crippen molar-refractivity contribution < 1.29 is 9.18 Å². The molecule has 0 aromatic heterocycles. The largest absolute Gasteiger partial charge is 0.323 e. The Morgan fingerprint density at radius 2 is 2.24 bits per heavy atom. The molecule has 0 aliphatic heterocycles. The quantitative estimate of drug-likeness (QED) is 0.799. The van der Waals surface area contributed by atoms with E-state index in [0.29, 0.717) is 11.4 Å². The number of hydrogen-bond acceptors (Lipinski definition) is 1. The summed E-state index contributed by atoms with van der Waals surface area (Å²) in [5, 5.41) is 3.00. The van der Waals surface area contributed by atoms with Gasteiger partial charge in [0.1, 0.15) is 5.82 Å². The van der Waals surface area contributed by atoms with Crippen molar-refractivity contribution >= 4 is 23.2 Å². The predicted molar refractivity (Wildman–Crippen MR) is 66.5 cm³/mol. The van der Waals surface area contributed by atoms with Crippen molar-refractivity contribution in [1.29, 1.82) is 0 Å². The van der Waals surface area contributed by atoms with E-state index in [1.807, 2.05) is 6.08 Å². The van der Waals surface area contributed by atoms with Crippen LogP contribution in [-0.4, -0.2) is 5.91 Å². The Labute approximate surface area is 104 Å². The highest BCUT2D eigenvalue weighted by Gasteiger charge is 2.19. The van der Waals surface area contributed by atoms with E-state index in [0.717, 1.165) is 12.8 Å². The molecule has 0 saturated heterocycles. The zero-order valence-corrected chi connectivity index (χ0v) is 10.0. The fourth-order valence-corrected chi connectivity index (χ4v) is 2.03. The molecule has 2 nitrogen and oxygen atoms in total. The highest BCUT2D eigenvalue weighted by Crippen LogP contribution is 2.23. The molecule has 1 aromatic rings. The lowest BCUT2D eigenvalue weighted by Gasteiger charge is -2.17. The second-order valence-corrected chi connectivity index (χ2v) is 4.53. The molecule has 1 aliphatic carbocycles. The topological polar surface area (TPSA) is 29.1 Å². The van der Waals surface area contributed by atoms with Gasteiger partial charge in [-0.1, -0.05) is 23.8 Å². The minimum absolute atomic E-state index is 0.0709. The van der Waals surface area contributed by atoms with E-state index in [1.54, 1.807) is 0 Å². The first kappa shape index (κ1) is 12.1. The average molecular weight is 254 g/mol. The zero-order chi connectivity index (χ0) is 12.3. The lowest BCUT2D eigenvalue weighted by atomic mass is 9.93. The van der Waals surface area contributed by atoms with Crippen molar-refractivity contribution in [2.75, 3.05) is 5.32 Å². The predicted octanol–water partition coefficient (Wildman–Crippen LogP) is 3.77. The van der Waals surface area contributed by atoms with E-state index in [2.05, 4.69) is 11.4 Å². The Morgan fingerprint density at radius 1 is 1.41 bits per heavy atom. The van der Waals surface area contributed by atoms with Crippen LogP contribution < -0.4 is 5.32 Å². The summed E-state index contributed by atoms with van der Waals surface area (Å²) in [5.41, 5.74) is 0.150. The van der Waals surface area contributed by atoms with Crippen LogP contribution in [-0.2, 0) is 4.79 Å². The summed E-state index contributed by atoms with van der Waals surface area (Å²) < 4.78 is 13.4. The van der Waals surface area contributed by atoms with E-state index < -0.39 is 5.82 Å². The lowest BCUT2D eigenvalue weighted by Crippen LogP contribution is -2.24. The third kappa shape index (κ3) is 3.07. The SMILES string of the molecule is O=C(Nc1cc(Cl)ccc1F)C1CC=CCC1. The monoisotopic (exact) mass is 253 g/mol. The van der Waals surface area contributed by atoms with Crippen LogP contribution in [0.3, 0.4) is 0 Å². The molecule has 0 fully saturated rings. The van der Waals surface area contributed by atoms with E-state index in [9.17, 15) is 9.18 Å². The third-order valence-electron chi connectivity index (χ3n) is 2.83. The smallest absolute Gasteiger partial charge is 0.227 e. The van der Waals surface area contributed by atoms with Crippen molar-refractivity contribution in [1.82, 2.24) is 0 Å². The standard InChI is InChI=1S/C13H13ClFNO/c14-10-6-7-11(15)12(8-10)16-13(17)9-4-2-1-3-5-9/h1-2,6-9H,3-5H2,(H,16,17). The molecule has 90 valence electrons. The number of benzene rings is 1. The van der Waals surface area contributed by atoms with E-state index in [1.165, 1.54) is 18.2 Å². The molecule has 1 aliphatic rings. The maximum atomic E-state index is 13.4. The molecule has 1 amide bonds. The molecule has 0 radical (unpaired) electrons. The molecule has 2 rings (SSSR count). The van der Waals surface area contributed by atoms with Gasteiger partial charge in [-0.15, -0.1) is 0 Å². The summed E-state index contributed by atoms with van der Waals surface area (Å²) in [5.74, 6) is -0.678. The van der Waals surface area contributed by atoms with E-state index in [-0.39, 0.29) is 17.5 Å². The summed E-state index contributed by atoms with van der Waals surface area (Å²) in [6.07, 6.45) is 6.47. The summed E-state index contributed by atoms with van der Waals surface area (Å²) in [6.45, 7) is 0. The van der Waals surface area contributed by atoms with Crippen LogP contribution in [0.5, 0.6) is 0 Å². The minimum Gasteiger partial charge on any atom is -0.323 e. The van der Waals surface area contributed by atoms with Crippen LogP contribution in [0.25, 0.3) is 0 Å². The van der Waals surface area contributed by atoms with Crippen LogP contribution in [0.15, 0.2) is 30.4 Å². The third-order valence-corrected chi connectivity index (χ3v) is 3.06. The molecule has 1 N–H and O–H groups in total. The molecule has 0 heterocycles. The van der Waals surface area contributed by atoms with Gasteiger partial charge in [-0.2, -0.15) is 0 Å². The van der Waals surface area contributed by atoms with Gasteiger partial charge in [-0.25, -0.2) is 4.39 Å². The van der Waals surface area contributed by atoms with Crippen LogP contribution in [0.4, 0.5) is 10.1 Å². The molecular formula is C13H13ClFNO. The Bertz CT molecular complexity index is 459. The van der Waals surface area contributed by atoms with Crippen molar-refractivity contribution in [3.05, 3.63) is 41.2 Å². The van der Waals surface area contributed by atoms with Crippen molar-refractivity contribution in [3.8, 4) is 0 Å². The zero-order valence-electron chi connectivity index (χ0n) is 9.25. The van der Waals surface area contributed by atoms with Gasteiger partial charge in [-0.3, -0.25) is 4.79 Å². The number of halogens is 2. The summed E-state index contributed by atoms with van der Waals surface area (Å²) in [6, 6.07) is 4.13. The number of amides is 1. The highest BCUT2D eigenvalue weighted by molar-refractivity contribution is 6.30. The number of nitrogens with one attached hydrogen (secondary N) is 1. The molecule has 4 heteroatoms. The fraction of sp³-hybridized carbons (Fsp3) is 0.308. The van der Waals surface area contributed by atoms with Gasteiger partial charge in [0.2, 0.25) is 5.91 Å². The Kier molecular flexibility index (Phi) is 3.79. The van der Waals surface area contributed by atoms with Crippen LogP contribution >= 0.6 is 11.6 Å². The van der Waals surface area contributed by atoms with Crippen molar-refractivity contribution in [2.45, 2.75) is 19.3 Å². The Morgan fingerprint density at radius 3 is 2.94 bits per heavy atom. The first-order valence-electron chi connectivity index (χ1n) is 5.58. The Balaban J connectivity index is 2.07. The van der Waals surface area contributed by atoms with Gasteiger partial charge >= 0.3 is 0 Å². The molecule has 1 unspecified atom stereocenters. The minimum atomic E-state index is -0.464. The number of hydrogen-bond donors (Lipinski definition) is 1. The summed E-state index contributed by atoms with van der Waals surface area (Å²) in [7, 11) is 0. The molecule has 0 bridgehead atoms. The molecule has 17 heavy (non-hydrogen) atoms. The average Bonchev–Trinajstić information content (AvgIpc) is 2.35. The molecule has 0 saturated carbocycles. The Hall–Kier alpha value is -1.35. The van der Waals surface area contributed by atoms with Crippen LogP contribution in [0.1, 0.15) is 19.3 Å². The van der Waals surface area contributed by atoms with Crippen molar-refractivity contribution in [3.63, 3.8) is 0 Å². The number of anilines is 1. The maximum absolute atomic E-state index is 13.4. The summed E-state index contributed by atoms with van der Waals surface area (Å²) in [4.78, 5) is 11.9. The van der Waals surface area contributed by atoms with Gasteiger partial charge in [0.25, 0.3) is 0 Å². The van der Waals surface area contributed by atoms with Gasteiger partial charge in [-0.05, 0) is 37.5 Å². The highest BCUT2D eigenvalue weighted by atomic mass is 35.5. The normalized spacial score (nSPS) is 19.1. The molecular weight excluding hydrogens is 241 g/mol. The number of rotatable bonds is 2. The number of carbonyl (C=O) groups excluding carboxylic acids is 1. The van der Waals surface area contributed by atoms with Crippen LogP contribution in [0.2, 0.25) is 5.02 Å². The van der Waals surface area contributed by atoms with E-state index >= 15 is 0 Å². The van der Waals surface area contributed by atoms with Gasteiger partial charge < -0.3 is 5.32 Å². The maximum Gasteiger partial charge on any atom is 0.227 e. The first-order valence-corrected chi connectivity index (χ1v) is 5.95. The number of allylic oxidation sites excluding steroid dienone is 2. The van der Waals surface area contributed by atoms with E-state index in [4.69, 9.17) is 11.6 Å².